The van der Waals surface area contributed by atoms with E-state index >= 15 is 0 Å². The van der Waals surface area contributed by atoms with Crippen LogP contribution in [-0.2, 0) is 17.8 Å². The molecule has 1 aromatic carbocycles. The van der Waals surface area contributed by atoms with E-state index in [4.69, 9.17) is 0 Å². The van der Waals surface area contributed by atoms with Gasteiger partial charge in [-0.2, -0.15) is 0 Å². The fourth-order valence-electron chi connectivity index (χ4n) is 3.89. The van der Waals surface area contributed by atoms with Crippen molar-refractivity contribution in [2.45, 2.75) is 32.7 Å². The van der Waals surface area contributed by atoms with Gasteiger partial charge in [-0.1, -0.05) is 25.1 Å². The lowest BCUT2D eigenvalue weighted by Crippen LogP contribution is -2.44. The van der Waals surface area contributed by atoms with E-state index < -0.39 is 0 Å². The number of nitrogens with zero attached hydrogens (tertiary/aromatic N) is 2. The Labute approximate surface area is 137 Å². The lowest BCUT2D eigenvalue weighted by molar-refractivity contribution is -0.133. The number of H-pyrrole nitrogens is 1. The topological polar surface area (TPSA) is 39.3 Å². The summed E-state index contributed by atoms with van der Waals surface area (Å²) in [6, 6.07) is 8.41. The highest BCUT2D eigenvalue weighted by atomic mass is 16.2. The lowest BCUT2D eigenvalue weighted by atomic mass is 9.99. The summed E-state index contributed by atoms with van der Waals surface area (Å²) in [6.45, 7) is 6.62. The zero-order valence-electron chi connectivity index (χ0n) is 13.8. The minimum atomic E-state index is 0.287. The van der Waals surface area contributed by atoms with Crippen molar-refractivity contribution >= 4 is 16.8 Å². The molecule has 4 heteroatoms. The van der Waals surface area contributed by atoms with Crippen molar-refractivity contribution in [1.82, 2.24) is 14.8 Å². The van der Waals surface area contributed by atoms with Crippen molar-refractivity contribution in [2.75, 3.05) is 26.2 Å². The van der Waals surface area contributed by atoms with Gasteiger partial charge in [0.25, 0.3) is 0 Å². The number of likely N-dealkylation sites (tertiary alicyclic amines) is 1. The van der Waals surface area contributed by atoms with Gasteiger partial charge in [-0.15, -0.1) is 0 Å². The summed E-state index contributed by atoms with van der Waals surface area (Å²) in [4.78, 5) is 20.6. The number of aromatic nitrogens is 1. The quantitative estimate of drug-likeness (QED) is 0.926. The van der Waals surface area contributed by atoms with Gasteiger partial charge >= 0.3 is 0 Å². The highest BCUT2D eigenvalue weighted by molar-refractivity contribution is 5.86. The van der Waals surface area contributed by atoms with Gasteiger partial charge in [0.1, 0.15) is 0 Å². The summed E-state index contributed by atoms with van der Waals surface area (Å²) >= 11 is 0. The number of rotatable bonds is 2. The maximum Gasteiger partial charge on any atom is 0.237 e. The molecule has 0 atom stereocenters. The lowest BCUT2D eigenvalue weighted by Gasteiger charge is -2.33. The molecule has 122 valence electrons. The fourth-order valence-corrected chi connectivity index (χ4v) is 3.89. The van der Waals surface area contributed by atoms with Gasteiger partial charge in [0.05, 0.1) is 6.54 Å². The maximum absolute atomic E-state index is 12.7. The predicted octanol–water partition coefficient (Wildman–Crippen LogP) is 2.78. The van der Waals surface area contributed by atoms with E-state index in [1.165, 1.54) is 35.0 Å². The Kier molecular flexibility index (Phi) is 3.85. The third-order valence-corrected chi connectivity index (χ3v) is 5.47. The second-order valence-electron chi connectivity index (χ2n) is 7.15. The van der Waals surface area contributed by atoms with Crippen LogP contribution in [0.2, 0.25) is 0 Å². The molecule has 4 nitrogen and oxygen atoms in total. The molecule has 3 heterocycles. The molecule has 1 N–H and O–H groups in total. The van der Waals surface area contributed by atoms with Crippen LogP contribution in [0.15, 0.2) is 24.3 Å². The van der Waals surface area contributed by atoms with E-state index in [2.05, 4.69) is 41.1 Å². The fraction of sp³-hybridized carbons (Fsp3) is 0.526. The second kappa shape index (κ2) is 6.00. The van der Waals surface area contributed by atoms with E-state index in [1.54, 1.807) is 0 Å². The molecular formula is C19H25N3O. The third-order valence-electron chi connectivity index (χ3n) is 5.47. The van der Waals surface area contributed by atoms with E-state index in [0.29, 0.717) is 6.54 Å². The zero-order chi connectivity index (χ0) is 15.8. The van der Waals surface area contributed by atoms with E-state index in [1.807, 2.05) is 4.90 Å². The number of amides is 1. The van der Waals surface area contributed by atoms with Crippen LogP contribution in [0.4, 0.5) is 0 Å². The summed E-state index contributed by atoms with van der Waals surface area (Å²) in [7, 11) is 0. The van der Waals surface area contributed by atoms with Gasteiger partial charge in [0.2, 0.25) is 5.91 Å². The number of carbonyl (C=O) groups is 1. The van der Waals surface area contributed by atoms with Crippen LogP contribution in [-0.4, -0.2) is 46.9 Å². The Hall–Kier alpha value is -1.81. The first-order valence-electron chi connectivity index (χ1n) is 8.79. The minimum Gasteiger partial charge on any atom is -0.358 e. The first-order chi connectivity index (χ1) is 11.2. The van der Waals surface area contributed by atoms with Gasteiger partial charge < -0.3 is 9.88 Å². The monoisotopic (exact) mass is 311 g/mol. The molecule has 0 radical (unpaired) electrons. The molecule has 4 rings (SSSR count). The number of fused-ring (bicyclic) bond motifs is 3. The molecule has 1 aromatic heterocycles. The van der Waals surface area contributed by atoms with Crippen LogP contribution in [0.3, 0.4) is 0 Å². The summed E-state index contributed by atoms with van der Waals surface area (Å²) in [6.07, 6.45) is 3.38. The minimum absolute atomic E-state index is 0.287. The average molecular weight is 311 g/mol. The molecule has 2 aliphatic heterocycles. The van der Waals surface area contributed by atoms with Crippen LogP contribution in [0.1, 0.15) is 31.0 Å². The molecule has 1 saturated heterocycles. The average Bonchev–Trinajstić information content (AvgIpc) is 2.94. The van der Waals surface area contributed by atoms with E-state index in [9.17, 15) is 4.79 Å². The van der Waals surface area contributed by atoms with Crippen molar-refractivity contribution in [2.24, 2.45) is 5.92 Å². The molecule has 2 aliphatic rings. The van der Waals surface area contributed by atoms with Gasteiger partial charge in [0.15, 0.2) is 0 Å². The highest BCUT2D eigenvalue weighted by Crippen LogP contribution is 2.27. The Balaban J connectivity index is 1.46. The number of hydrogen-bond acceptors (Lipinski definition) is 2. The molecule has 1 amide bonds. The third kappa shape index (κ3) is 2.88. The Morgan fingerprint density at radius 3 is 2.83 bits per heavy atom. The molecule has 23 heavy (non-hydrogen) atoms. The van der Waals surface area contributed by atoms with Gasteiger partial charge in [-0.05, 0) is 37.9 Å². The summed E-state index contributed by atoms with van der Waals surface area (Å²) < 4.78 is 0. The Morgan fingerprint density at radius 1 is 1.22 bits per heavy atom. The first kappa shape index (κ1) is 14.8. The molecule has 1 fully saturated rings. The SMILES string of the molecule is CC1CCN(CC(=O)N2CCc3[nH]c4ccccc4c3C2)CC1. The molecule has 0 aliphatic carbocycles. The number of benzene rings is 1. The summed E-state index contributed by atoms with van der Waals surface area (Å²) in [5, 5.41) is 1.27. The first-order valence-corrected chi connectivity index (χ1v) is 8.79. The number of nitrogens with one attached hydrogen (secondary N) is 1. The molecule has 0 saturated carbocycles. The highest BCUT2D eigenvalue weighted by Gasteiger charge is 2.26. The standard InChI is InChI=1S/C19H25N3O/c1-14-6-9-21(10-7-14)13-19(23)22-11-8-18-16(12-22)15-4-2-3-5-17(15)20-18/h2-5,14,20H,6-13H2,1H3. The molecule has 0 unspecified atom stereocenters. The largest absolute Gasteiger partial charge is 0.358 e. The van der Waals surface area contributed by atoms with E-state index in [-0.39, 0.29) is 5.91 Å². The van der Waals surface area contributed by atoms with Crippen molar-refractivity contribution in [1.29, 1.82) is 0 Å². The summed E-state index contributed by atoms with van der Waals surface area (Å²) in [5.74, 6) is 1.10. The maximum atomic E-state index is 12.7. The van der Waals surface area contributed by atoms with Gasteiger partial charge in [-0.3, -0.25) is 9.69 Å². The van der Waals surface area contributed by atoms with Crippen molar-refractivity contribution < 1.29 is 4.79 Å². The zero-order valence-corrected chi connectivity index (χ0v) is 13.8. The normalized spacial score (nSPS) is 20.0. The van der Waals surface area contributed by atoms with Crippen LogP contribution < -0.4 is 0 Å². The summed E-state index contributed by atoms with van der Waals surface area (Å²) in [5.41, 5.74) is 3.81. The smallest absolute Gasteiger partial charge is 0.237 e. The van der Waals surface area contributed by atoms with Crippen LogP contribution in [0.25, 0.3) is 10.9 Å². The van der Waals surface area contributed by atoms with Crippen LogP contribution in [0.5, 0.6) is 0 Å². The van der Waals surface area contributed by atoms with Crippen LogP contribution in [0, 0.1) is 5.92 Å². The molecule has 0 spiro atoms. The number of para-hydroxylation sites is 1. The van der Waals surface area contributed by atoms with Crippen molar-refractivity contribution in [3.63, 3.8) is 0 Å². The second-order valence-corrected chi connectivity index (χ2v) is 7.15. The number of aromatic amines is 1. The number of piperidine rings is 1. The molecular weight excluding hydrogens is 286 g/mol. The van der Waals surface area contributed by atoms with E-state index in [0.717, 1.165) is 38.5 Å². The van der Waals surface area contributed by atoms with Gasteiger partial charge in [-0.25, -0.2) is 0 Å². The predicted molar refractivity (Wildman–Crippen MR) is 92.3 cm³/mol. The molecule has 0 bridgehead atoms. The molecule has 2 aromatic rings. The van der Waals surface area contributed by atoms with Crippen LogP contribution >= 0.6 is 0 Å². The number of hydrogen-bond donors (Lipinski definition) is 1. The Bertz CT molecular complexity index is 712. The Morgan fingerprint density at radius 2 is 2.00 bits per heavy atom. The van der Waals surface area contributed by atoms with Crippen molar-refractivity contribution in [3.8, 4) is 0 Å². The number of carbonyl (C=O) groups excluding carboxylic acids is 1. The van der Waals surface area contributed by atoms with Gasteiger partial charge in [0, 0.05) is 41.7 Å². The van der Waals surface area contributed by atoms with Crippen molar-refractivity contribution in [3.05, 3.63) is 35.5 Å².